The lowest BCUT2D eigenvalue weighted by molar-refractivity contribution is 0.0951. The molecule has 0 atom stereocenters. The van der Waals surface area contributed by atoms with Gasteiger partial charge in [-0.1, -0.05) is 24.3 Å². The predicted molar refractivity (Wildman–Crippen MR) is 125 cm³/mol. The van der Waals surface area contributed by atoms with E-state index in [1.165, 1.54) is 18.2 Å². The number of thiazole rings is 1. The van der Waals surface area contributed by atoms with Crippen molar-refractivity contribution in [1.82, 2.24) is 10.3 Å². The maximum Gasteiger partial charge on any atom is 0.261 e. The lowest BCUT2D eigenvalue weighted by atomic mass is 10.2. The molecule has 9 heteroatoms. The van der Waals surface area contributed by atoms with Crippen molar-refractivity contribution in [3.8, 4) is 10.6 Å². The van der Waals surface area contributed by atoms with Crippen LogP contribution in [0.1, 0.15) is 20.2 Å². The van der Waals surface area contributed by atoms with Gasteiger partial charge in [0.15, 0.2) is 0 Å². The first-order valence-electron chi connectivity index (χ1n) is 9.38. The summed E-state index contributed by atoms with van der Waals surface area (Å²) in [4.78, 5) is 19.3. The van der Waals surface area contributed by atoms with E-state index in [0.717, 1.165) is 20.5 Å². The number of amides is 1. The highest BCUT2D eigenvalue weighted by Crippen LogP contribution is 2.29. The Bertz CT molecular complexity index is 1310. The van der Waals surface area contributed by atoms with Gasteiger partial charge in [-0.2, -0.15) is 0 Å². The maximum atomic E-state index is 12.6. The van der Waals surface area contributed by atoms with Crippen LogP contribution in [0.2, 0.25) is 0 Å². The van der Waals surface area contributed by atoms with Gasteiger partial charge in [0.25, 0.3) is 15.9 Å². The molecule has 0 fully saturated rings. The molecule has 0 spiro atoms. The van der Waals surface area contributed by atoms with E-state index in [2.05, 4.69) is 15.0 Å². The molecule has 0 aliphatic carbocycles. The molecule has 1 amide bonds. The third kappa shape index (κ3) is 5.19. The molecule has 0 saturated heterocycles. The minimum atomic E-state index is -3.72. The molecular formula is C22H19N3O3S3. The molecule has 0 unspecified atom stereocenters. The number of hydrogen-bond donors (Lipinski definition) is 2. The second kappa shape index (κ2) is 9.01. The highest BCUT2D eigenvalue weighted by Gasteiger charge is 2.15. The van der Waals surface area contributed by atoms with Crippen molar-refractivity contribution in [3.05, 3.63) is 87.6 Å². The Kier molecular flexibility index (Phi) is 6.17. The fourth-order valence-electron chi connectivity index (χ4n) is 2.89. The number of sulfonamides is 1. The SMILES string of the molecule is Cc1nc(-c2ccc(CNC(=O)c3cccc(NS(=O)(=O)c4ccccc4)c3)s2)cs1. The van der Waals surface area contributed by atoms with E-state index in [0.29, 0.717) is 17.8 Å². The van der Waals surface area contributed by atoms with Crippen LogP contribution in [0.3, 0.4) is 0 Å². The Balaban J connectivity index is 1.41. The summed E-state index contributed by atoms with van der Waals surface area (Å²) in [6, 6.07) is 18.5. The van der Waals surface area contributed by atoms with E-state index < -0.39 is 10.0 Å². The molecule has 2 aromatic heterocycles. The van der Waals surface area contributed by atoms with Crippen LogP contribution in [0.4, 0.5) is 5.69 Å². The van der Waals surface area contributed by atoms with Crippen molar-refractivity contribution in [3.63, 3.8) is 0 Å². The van der Waals surface area contributed by atoms with Crippen molar-refractivity contribution in [1.29, 1.82) is 0 Å². The highest BCUT2D eigenvalue weighted by atomic mass is 32.2. The molecule has 2 heterocycles. The van der Waals surface area contributed by atoms with Crippen LogP contribution in [-0.2, 0) is 16.6 Å². The van der Waals surface area contributed by atoms with Crippen molar-refractivity contribution >= 4 is 44.3 Å². The van der Waals surface area contributed by atoms with Gasteiger partial charge in [0, 0.05) is 21.5 Å². The van der Waals surface area contributed by atoms with Gasteiger partial charge in [0.05, 0.1) is 27.0 Å². The first-order chi connectivity index (χ1) is 14.9. The molecule has 2 aromatic carbocycles. The minimum absolute atomic E-state index is 0.161. The smallest absolute Gasteiger partial charge is 0.261 e. The van der Waals surface area contributed by atoms with Gasteiger partial charge < -0.3 is 5.32 Å². The Morgan fingerprint density at radius 1 is 1.03 bits per heavy atom. The van der Waals surface area contributed by atoms with Gasteiger partial charge in [-0.3, -0.25) is 9.52 Å². The quantitative estimate of drug-likeness (QED) is 0.402. The van der Waals surface area contributed by atoms with E-state index >= 15 is 0 Å². The fourth-order valence-corrected chi connectivity index (χ4v) is 5.56. The van der Waals surface area contributed by atoms with Gasteiger partial charge in [-0.25, -0.2) is 13.4 Å². The van der Waals surface area contributed by atoms with Crippen LogP contribution in [-0.4, -0.2) is 19.3 Å². The van der Waals surface area contributed by atoms with Crippen LogP contribution in [0.5, 0.6) is 0 Å². The summed E-state index contributed by atoms with van der Waals surface area (Å²) in [5.41, 5.74) is 1.65. The lowest BCUT2D eigenvalue weighted by Gasteiger charge is -2.10. The number of aryl methyl sites for hydroxylation is 1. The summed E-state index contributed by atoms with van der Waals surface area (Å²) in [5.74, 6) is -0.278. The normalized spacial score (nSPS) is 11.3. The number of aromatic nitrogens is 1. The highest BCUT2D eigenvalue weighted by molar-refractivity contribution is 7.92. The summed E-state index contributed by atoms with van der Waals surface area (Å²) in [7, 11) is -3.72. The summed E-state index contributed by atoms with van der Waals surface area (Å²) < 4.78 is 27.5. The molecule has 31 heavy (non-hydrogen) atoms. The van der Waals surface area contributed by atoms with E-state index in [1.54, 1.807) is 59.1 Å². The van der Waals surface area contributed by atoms with Crippen LogP contribution in [0, 0.1) is 6.92 Å². The third-order valence-electron chi connectivity index (χ3n) is 4.39. The van der Waals surface area contributed by atoms with Crippen LogP contribution in [0.15, 0.2) is 77.0 Å². The van der Waals surface area contributed by atoms with Gasteiger partial charge in [0.1, 0.15) is 0 Å². The molecule has 4 rings (SSSR count). The Labute approximate surface area is 188 Å². The number of benzene rings is 2. The third-order valence-corrected chi connectivity index (χ3v) is 7.67. The maximum absolute atomic E-state index is 12.6. The van der Waals surface area contributed by atoms with Crippen LogP contribution >= 0.6 is 22.7 Å². The zero-order valence-electron chi connectivity index (χ0n) is 16.5. The summed E-state index contributed by atoms with van der Waals surface area (Å²) >= 11 is 3.19. The number of hydrogen-bond acceptors (Lipinski definition) is 6. The van der Waals surface area contributed by atoms with Gasteiger partial charge >= 0.3 is 0 Å². The molecule has 158 valence electrons. The second-order valence-electron chi connectivity index (χ2n) is 6.70. The van der Waals surface area contributed by atoms with Gasteiger partial charge in [0.2, 0.25) is 0 Å². The summed E-state index contributed by atoms with van der Waals surface area (Å²) in [6.45, 7) is 2.35. The fraction of sp³-hybridized carbons (Fsp3) is 0.0909. The number of rotatable bonds is 7. The average Bonchev–Trinajstić information content (AvgIpc) is 3.41. The predicted octanol–water partition coefficient (Wildman–Crippen LogP) is 4.91. The molecule has 0 aliphatic rings. The molecule has 4 aromatic rings. The molecule has 0 radical (unpaired) electrons. The number of thiophene rings is 1. The number of carbonyl (C=O) groups is 1. The molecule has 0 aliphatic heterocycles. The lowest BCUT2D eigenvalue weighted by Crippen LogP contribution is -2.22. The first-order valence-corrected chi connectivity index (χ1v) is 12.6. The molecule has 2 N–H and O–H groups in total. The summed E-state index contributed by atoms with van der Waals surface area (Å²) in [6.07, 6.45) is 0. The number of anilines is 1. The average molecular weight is 470 g/mol. The number of carbonyl (C=O) groups excluding carboxylic acids is 1. The van der Waals surface area contributed by atoms with E-state index in [1.807, 2.05) is 24.4 Å². The van der Waals surface area contributed by atoms with Crippen molar-refractivity contribution < 1.29 is 13.2 Å². The van der Waals surface area contributed by atoms with E-state index in [4.69, 9.17) is 0 Å². The monoisotopic (exact) mass is 469 g/mol. The Morgan fingerprint density at radius 2 is 1.84 bits per heavy atom. The molecular weight excluding hydrogens is 450 g/mol. The second-order valence-corrected chi connectivity index (χ2v) is 10.6. The zero-order chi connectivity index (χ0) is 21.8. The van der Waals surface area contributed by atoms with E-state index in [-0.39, 0.29) is 10.8 Å². The summed E-state index contributed by atoms with van der Waals surface area (Å²) in [5, 5.41) is 5.92. The van der Waals surface area contributed by atoms with Crippen molar-refractivity contribution in [2.24, 2.45) is 0 Å². The van der Waals surface area contributed by atoms with Crippen LogP contribution < -0.4 is 10.0 Å². The van der Waals surface area contributed by atoms with Gasteiger partial charge in [-0.05, 0) is 49.4 Å². The van der Waals surface area contributed by atoms with Crippen molar-refractivity contribution in [2.45, 2.75) is 18.4 Å². The number of nitrogens with zero attached hydrogens (tertiary/aromatic N) is 1. The van der Waals surface area contributed by atoms with Gasteiger partial charge in [-0.15, -0.1) is 22.7 Å². The Hall–Kier alpha value is -3.01. The molecule has 0 bridgehead atoms. The standard InChI is InChI=1S/C22H19N3O3S3/c1-15-24-20(14-29-15)21-11-10-18(30-21)13-23-22(26)16-6-5-7-17(12-16)25-31(27,28)19-8-3-2-4-9-19/h2-12,14,25H,13H2,1H3,(H,23,26). The van der Waals surface area contributed by atoms with E-state index in [9.17, 15) is 13.2 Å². The zero-order valence-corrected chi connectivity index (χ0v) is 19.0. The first kappa shape index (κ1) is 21.2. The molecule has 0 saturated carbocycles. The Morgan fingerprint density at radius 3 is 2.58 bits per heavy atom. The minimum Gasteiger partial charge on any atom is -0.347 e. The van der Waals surface area contributed by atoms with Crippen LogP contribution in [0.25, 0.3) is 10.6 Å². The topological polar surface area (TPSA) is 88.2 Å². The number of nitrogens with one attached hydrogen (secondary N) is 2. The largest absolute Gasteiger partial charge is 0.347 e. The molecule has 6 nitrogen and oxygen atoms in total. The van der Waals surface area contributed by atoms with Crippen molar-refractivity contribution in [2.75, 3.05) is 4.72 Å².